The number of ether oxygens (including phenoxy) is 1. The fourth-order valence-electron chi connectivity index (χ4n) is 1.78. The van der Waals surface area contributed by atoms with Crippen molar-refractivity contribution in [2.24, 2.45) is 0 Å². The predicted molar refractivity (Wildman–Crippen MR) is 69.7 cm³/mol. The van der Waals surface area contributed by atoms with Crippen LogP contribution in [0.1, 0.15) is 45.4 Å². The van der Waals surface area contributed by atoms with E-state index >= 15 is 0 Å². The number of nitrogens with one attached hydrogen (secondary N) is 1. The van der Waals surface area contributed by atoms with E-state index < -0.39 is 0 Å². The first-order chi connectivity index (χ1) is 8.68. The number of rotatable bonds is 1. The van der Waals surface area contributed by atoms with E-state index in [-0.39, 0.29) is 11.9 Å². The van der Waals surface area contributed by atoms with Crippen LogP contribution in [0.5, 0.6) is 0 Å². The lowest BCUT2D eigenvalue weighted by atomic mass is 10.1. The van der Waals surface area contributed by atoms with Crippen molar-refractivity contribution < 1.29 is 14.3 Å². The van der Waals surface area contributed by atoms with Crippen LogP contribution in [0.15, 0.2) is 24.0 Å². The van der Waals surface area contributed by atoms with Gasteiger partial charge in [-0.3, -0.25) is 9.59 Å². The van der Waals surface area contributed by atoms with Crippen LogP contribution in [-0.4, -0.2) is 18.4 Å². The fraction of sp³-hybridized carbons (Fsp3) is 0.571. The third-order valence-electron chi connectivity index (χ3n) is 2.67. The van der Waals surface area contributed by atoms with Crippen molar-refractivity contribution in [2.75, 3.05) is 6.54 Å². The standard InChI is InChI=1S/C14H21NO3/c1-12(16)18-13-8-4-2-3-7-11-15-14(17)10-6-5-9-13/h5-6,9H,2-4,7-8,10-11H2,1H3,(H,15,17)/b6-5-,13-9+. The third-order valence-corrected chi connectivity index (χ3v) is 2.67. The molecule has 0 spiro atoms. The van der Waals surface area contributed by atoms with Gasteiger partial charge in [0.1, 0.15) is 5.76 Å². The Hall–Kier alpha value is -1.58. The van der Waals surface area contributed by atoms with Crippen LogP contribution in [0.4, 0.5) is 0 Å². The summed E-state index contributed by atoms with van der Waals surface area (Å²) in [7, 11) is 0. The van der Waals surface area contributed by atoms with Crippen LogP contribution in [0.25, 0.3) is 0 Å². The Morgan fingerprint density at radius 1 is 1.28 bits per heavy atom. The molecule has 0 saturated carbocycles. The summed E-state index contributed by atoms with van der Waals surface area (Å²) in [6.07, 6.45) is 10.6. The normalized spacial score (nSPS) is 23.4. The minimum absolute atomic E-state index is 0.0351. The molecule has 18 heavy (non-hydrogen) atoms. The monoisotopic (exact) mass is 251 g/mol. The van der Waals surface area contributed by atoms with Crippen molar-refractivity contribution in [1.82, 2.24) is 5.32 Å². The highest BCUT2D eigenvalue weighted by Gasteiger charge is 2.03. The SMILES string of the molecule is CC(=O)O/C1=C/C=C\CC(=O)NCCCCCC1. The van der Waals surface area contributed by atoms with Gasteiger partial charge in [0.05, 0.1) is 0 Å². The van der Waals surface area contributed by atoms with Gasteiger partial charge in [0, 0.05) is 26.3 Å². The van der Waals surface area contributed by atoms with Crippen LogP contribution in [0.2, 0.25) is 0 Å². The van der Waals surface area contributed by atoms with Gasteiger partial charge in [0.25, 0.3) is 0 Å². The average molecular weight is 251 g/mol. The van der Waals surface area contributed by atoms with Gasteiger partial charge >= 0.3 is 5.97 Å². The van der Waals surface area contributed by atoms with E-state index in [0.29, 0.717) is 12.2 Å². The molecule has 0 radical (unpaired) electrons. The van der Waals surface area contributed by atoms with Crippen molar-refractivity contribution in [3.05, 3.63) is 24.0 Å². The van der Waals surface area contributed by atoms with Crippen LogP contribution in [0, 0.1) is 0 Å². The van der Waals surface area contributed by atoms with Crippen LogP contribution in [-0.2, 0) is 14.3 Å². The van der Waals surface area contributed by atoms with Crippen molar-refractivity contribution in [2.45, 2.75) is 45.4 Å². The Morgan fingerprint density at radius 2 is 2.06 bits per heavy atom. The largest absolute Gasteiger partial charge is 0.431 e. The van der Waals surface area contributed by atoms with Gasteiger partial charge in [-0.1, -0.05) is 25.0 Å². The second-order valence-electron chi connectivity index (χ2n) is 4.37. The van der Waals surface area contributed by atoms with E-state index in [4.69, 9.17) is 4.74 Å². The van der Waals surface area contributed by atoms with E-state index in [1.54, 1.807) is 18.2 Å². The topological polar surface area (TPSA) is 55.4 Å². The molecular weight excluding hydrogens is 230 g/mol. The quantitative estimate of drug-likeness (QED) is 0.728. The third kappa shape index (κ3) is 6.89. The molecule has 0 aromatic carbocycles. The van der Waals surface area contributed by atoms with Crippen LogP contribution in [0.3, 0.4) is 0 Å². The molecule has 4 nitrogen and oxygen atoms in total. The number of carbonyl (C=O) groups is 2. The van der Waals surface area contributed by atoms with Gasteiger partial charge in [-0.2, -0.15) is 0 Å². The molecule has 1 amide bonds. The molecule has 0 aromatic rings. The minimum Gasteiger partial charge on any atom is -0.431 e. The van der Waals surface area contributed by atoms with Crippen molar-refractivity contribution in [3.63, 3.8) is 0 Å². The Bertz CT molecular complexity index is 345. The Balaban J connectivity index is 2.58. The predicted octanol–water partition coefficient (Wildman–Crippen LogP) is 2.46. The maximum Gasteiger partial charge on any atom is 0.307 e. The fourth-order valence-corrected chi connectivity index (χ4v) is 1.78. The zero-order valence-corrected chi connectivity index (χ0v) is 10.9. The van der Waals surface area contributed by atoms with E-state index in [1.807, 2.05) is 0 Å². The van der Waals surface area contributed by atoms with Gasteiger partial charge in [-0.25, -0.2) is 0 Å². The maximum absolute atomic E-state index is 11.4. The molecule has 0 aliphatic carbocycles. The Morgan fingerprint density at radius 3 is 2.83 bits per heavy atom. The summed E-state index contributed by atoms with van der Waals surface area (Å²) in [4.78, 5) is 22.3. The number of esters is 1. The number of amides is 1. The van der Waals surface area contributed by atoms with E-state index in [9.17, 15) is 9.59 Å². The minimum atomic E-state index is -0.295. The maximum atomic E-state index is 11.4. The second kappa shape index (κ2) is 8.50. The number of hydrogen-bond donors (Lipinski definition) is 1. The van der Waals surface area contributed by atoms with Crippen molar-refractivity contribution >= 4 is 11.9 Å². The summed E-state index contributed by atoms with van der Waals surface area (Å²) in [5.74, 6) is 0.419. The molecule has 4 heteroatoms. The lowest BCUT2D eigenvalue weighted by Crippen LogP contribution is -2.23. The second-order valence-corrected chi connectivity index (χ2v) is 4.37. The molecular formula is C14H21NO3. The van der Waals surface area contributed by atoms with Crippen LogP contribution < -0.4 is 5.32 Å². The first kappa shape index (κ1) is 14.5. The van der Waals surface area contributed by atoms with E-state index in [2.05, 4.69) is 5.32 Å². The molecule has 0 saturated heterocycles. The highest BCUT2D eigenvalue weighted by molar-refractivity contribution is 5.77. The van der Waals surface area contributed by atoms with Gasteiger partial charge in [0.2, 0.25) is 5.91 Å². The average Bonchev–Trinajstić information content (AvgIpc) is 2.33. The number of allylic oxidation sites excluding steroid dienone is 3. The molecule has 1 rings (SSSR count). The molecule has 1 aliphatic rings. The molecule has 0 fully saturated rings. The van der Waals surface area contributed by atoms with Gasteiger partial charge < -0.3 is 10.1 Å². The molecule has 0 atom stereocenters. The van der Waals surface area contributed by atoms with Crippen LogP contribution >= 0.6 is 0 Å². The Kier molecular flexibility index (Phi) is 6.84. The van der Waals surface area contributed by atoms with Gasteiger partial charge in [-0.05, 0) is 18.9 Å². The van der Waals surface area contributed by atoms with Crippen molar-refractivity contribution in [1.29, 1.82) is 0 Å². The summed E-state index contributed by atoms with van der Waals surface area (Å²) in [6, 6.07) is 0. The molecule has 0 unspecified atom stereocenters. The first-order valence-corrected chi connectivity index (χ1v) is 6.49. The molecule has 1 aliphatic heterocycles. The molecule has 100 valence electrons. The molecule has 1 N–H and O–H groups in total. The number of carbonyl (C=O) groups excluding carboxylic acids is 2. The summed E-state index contributed by atoms with van der Waals surface area (Å²) in [6.45, 7) is 2.15. The summed E-state index contributed by atoms with van der Waals surface area (Å²) >= 11 is 0. The van der Waals surface area contributed by atoms with Gasteiger partial charge in [0.15, 0.2) is 0 Å². The molecule has 0 bridgehead atoms. The molecule has 0 aromatic heterocycles. The lowest BCUT2D eigenvalue weighted by Gasteiger charge is -2.06. The first-order valence-electron chi connectivity index (χ1n) is 6.49. The highest BCUT2D eigenvalue weighted by atomic mass is 16.5. The zero-order chi connectivity index (χ0) is 13.2. The lowest BCUT2D eigenvalue weighted by molar-refractivity contribution is -0.137. The number of hydrogen-bond acceptors (Lipinski definition) is 3. The van der Waals surface area contributed by atoms with E-state index in [1.165, 1.54) is 6.92 Å². The van der Waals surface area contributed by atoms with Gasteiger partial charge in [-0.15, -0.1) is 0 Å². The molecule has 1 heterocycles. The zero-order valence-electron chi connectivity index (χ0n) is 10.9. The highest BCUT2D eigenvalue weighted by Crippen LogP contribution is 2.12. The summed E-state index contributed by atoms with van der Waals surface area (Å²) < 4.78 is 5.12. The van der Waals surface area contributed by atoms with Crippen molar-refractivity contribution in [3.8, 4) is 0 Å². The smallest absolute Gasteiger partial charge is 0.307 e. The summed E-state index contributed by atoms with van der Waals surface area (Å²) in [5, 5.41) is 2.87. The van der Waals surface area contributed by atoms with E-state index in [0.717, 1.165) is 38.6 Å². The summed E-state index contributed by atoms with van der Waals surface area (Å²) in [5.41, 5.74) is 0. The Labute approximate surface area is 108 Å².